The summed E-state index contributed by atoms with van der Waals surface area (Å²) >= 11 is 5.80. The van der Waals surface area contributed by atoms with Crippen LogP contribution in [0.4, 0.5) is 0 Å². The zero-order valence-electron chi connectivity index (χ0n) is 7.49. The first-order valence-electron chi connectivity index (χ1n) is 4.10. The van der Waals surface area contributed by atoms with Crippen molar-refractivity contribution < 1.29 is 4.79 Å². The summed E-state index contributed by atoms with van der Waals surface area (Å²) in [5.41, 5.74) is 0.731. The van der Waals surface area contributed by atoms with Crippen LogP contribution in [0.25, 0.3) is 10.9 Å². The quantitative estimate of drug-likeness (QED) is 0.674. The highest BCUT2D eigenvalue weighted by Crippen LogP contribution is 2.16. The minimum atomic E-state index is -0.137. The van der Waals surface area contributed by atoms with Crippen LogP contribution < -0.4 is 0 Å². The first-order valence-corrected chi connectivity index (χ1v) is 4.48. The van der Waals surface area contributed by atoms with Crippen LogP contribution in [0.3, 0.4) is 0 Å². The Labute approximate surface area is 85.7 Å². The number of nitrogens with zero attached hydrogens (tertiary/aromatic N) is 2. The molecule has 3 nitrogen and oxygen atoms in total. The van der Waals surface area contributed by atoms with Crippen molar-refractivity contribution in [2.45, 2.75) is 6.92 Å². The zero-order valence-corrected chi connectivity index (χ0v) is 8.25. The molecule has 2 rings (SSSR count). The Hall–Kier alpha value is -1.48. The third-order valence-electron chi connectivity index (χ3n) is 1.86. The van der Waals surface area contributed by atoms with E-state index in [1.54, 1.807) is 24.4 Å². The van der Waals surface area contributed by atoms with Crippen LogP contribution in [0.2, 0.25) is 5.02 Å². The molecule has 0 saturated heterocycles. The Balaban J connectivity index is 2.67. The lowest BCUT2D eigenvalue weighted by atomic mass is 10.2. The minimum Gasteiger partial charge on any atom is -0.291 e. The van der Waals surface area contributed by atoms with Gasteiger partial charge in [-0.1, -0.05) is 11.6 Å². The third-order valence-corrected chi connectivity index (χ3v) is 2.09. The van der Waals surface area contributed by atoms with Crippen LogP contribution in [0.15, 0.2) is 24.4 Å². The predicted molar refractivity (Wildman–Crippen MR) is 54.6 cm³/mol. The van der Waals surface area contributed by atoms with E-state index in [9.17, 15) is 4.79 Å². The van der Waals surface area contributed by atoms with E-state index in [-0.39, 0.29) is 11.6 Å². The minimum absolute atomic E-state index is 0.137. The summed E-state index contributed by atoms with van der Waals surface area (Å²) < 4.78 is 0. The summed E-state index contributed by atoms with van der Waals surface area (Å²) in [6, 6.07) is 5.27. The van der Waals surface area contributed by atoms with E-state index < -0.39 is 0 Å². The van der Waals surface area contributed by atoms with Crippen molar-refractivity contribution in [2.75, 3.05) is 0 Å². The summed E-state index contributed by atoms with van der Waals surface area (Å²) in [5.74, 6) is 0.0988. The second-order valence-electron chi connectivity index (χ2n) is 2.95. The summed E-state index contributed by atoms with van der Waals surface area (Å²) in [6.07, 6.45) is 1.60. The Morgan fingerprint density at radius 2 is 2.21 bits per heavy atom. The van der Waals surface area contributed by atoms with Gasteiger partial charge in [0.05, 0.1) is 5.52 Å². The maximum Gasteiger partial charge on any atom is 0.196 e. The Morgan fingerprint density at radius 3 is 2.93 bits per heavy atom. The van der Waals surface area contributed by atoms with Crippen LogP contribution in [0.5, 0.6) is 0 Å². The lowest BCUT2D eigenvalue weighted by molar-refractivity contribution is 0.100. The zero-order chi connectivity index (χ0) is 10.1. The van der Waals surface area contributed by atoms with E-state index in [1.807, 2.05) is 0 Å². The average molecular weight is 207 g/mol. The molecule has 1 aromatic carbocycles. The molecule has 0 spiro atoms. The number of carbonyl (C=O) groups excluding carboxylic acids is 1. The lowest BCUT2D eigenvalue weighted by Crippen LogP contribution is -2.00. The largest absolute Gasteiger partial charge is 0.291 e. The van der Waals surface area contributed by atoms with Gasteiger partial charge in [-0.15, -0.1) is 0 Å². The molecular weight excluding hydrogens is 200 g/mol. The maximum atomic E-state index is 11.0. The Kier molecular flexibility index (Phi) is 2.17. The van der Waals surface area contributed by atoms with Crippen LogP contribution in [0.1, 0.15) is 17.5 Å². The molecule has 0 aliphatic carbocycles. The van der Waals surface area contributed by atoms with Gasteiger partial charge in [0.2, 0.25) is 0 Å². The first kappa shape index (κ1) is 9.09. The summed E-state index contributed by atoms with van der Waals surface area (Å²) in [5, 5.41) is 1.47. The van der Waals surface area contributed by atoms with Gasteiger partial charge in [-0.25, -0.2) is 9.97 Å². The average Bonchev–Trinajstić information content (AvgIpc) is 2.16. The molecule has 0 saturated carbocycles. The molecule has 14 heavy (non-hydrogen) atoms. The number of aromatic nitrogens is 2. The fraction of sp³-hybridized carbons (Fsp3) is 0.100. The second-order valence-corrected chi connectivity index (χ2v) is 3.39. The number of halogens is 1. The van der Waals surface area contributed by atoms with Crippen molar-refractivity contribution in [3.63, 3.8) is 0 Å². The van der Waals surface area contributed by atoms with Crippen LogP contribution in [-0.2, 0) is 0 Å². The topological polar surface area (TPSA) is 42.9 Å². The molecule has 1 heterocycles. The van der Waals surface area contributed by atoms with Gasteiger partial charge >= 0.3 is 0 Å². The van der Waals surface area contributed by atoms with Gasteiger partial charge in [-0.2, -0.15) is 0 Å². The van der Waals surface area contributed by atoms with E-state index in [0.29, 0.717) is 5.02 Å². The fourth-order valence-corrected chi connectivity index (χ4v) is 1.35. The molecular formula is C10H7ClN2O. The monoisotopic (exact) mass is 206 g/mol. The smallest absolute Gasteiger partial charge is 0.196 e. The highest BCUT2D eigenvalue weighted by molar-refractivity contribution is 6.31. The van der Waals surface area contributed by atoms with Gasteiger partial charge in [0.15, 0.2) is 11.6 Å². The molecule has 2 aromatic rings. The van der Waals surface area contributed by atoms with Crippen LogP contribution >= 0.6 is 11.6 Å². The molecule has 0 aliphatic heterocycles. The number of hydrogen-bond donors (Lipinski definition) is 0. The maximum absolute atomic E-state index is 11.0. The van der Waals surface area contributed by atoms with Crippen molar-refractivity contribution in [1.29, 1.82) is 0 Å². The molecule has 1 aromatic heterocycles. The van der Waals surface area contributed by atoms with Gasteiger partial charge in [0.1, 0.15) is 0 Å². The van der Waals surface area contributed by atoms with Crippen molar-refractivity contribution in [2.24, 2.45) is 0 Å². The van der Waals surface area contributed by atoms with E-state index in [0.717, 1.165) is 10.9 Å². The number of Topliss-reactive ketones (excluding diaryl/α,β-unsaturated/α-hetero) is 1. The van der Waals surface area contributed by atoms with Crippen molar-refractivity contribution >= 4 is 28.3 Å². The lowest BCUT2D eigenvalue weighted by Gasteiger charge is -1.98. The standard InChI is InChI=1S/C10H7ClN2O/c1-6(14)10-12-5-7-4-8(11)2-3-9(7)13-10/h2-5H,1H3. The van der Waals surface area contributed by atoms with Gasteiger partial charge in [0.25, 0.3) is 0 Å². The molecule has 0 fully saturated rings. The molecule has 0 amide bonds. The number of rotatable bonds is 1. The van der Waals surface area contributed by atoms with Gasteiger partial charge in [-0.3, -0.25) is 4.79 Å². The van der Waals surface area contributed by atoms with Crippen LogP contribution in [0, 0.1) is 0 Å². The number of ketones is 1. The molecule has 0 radical (unpaired) electrons. The SMILES string of the molecule is CC(=O)c1ncc2cc(Cl)ccc2n1. The second kappa shape index (κ2) is 3.35. The highest BCUT2D eigenvalue weighted by atomic mass is 35.5. The summed E-state index contributed by atoms with van der Waals surface area (Å²) in [6.45, 7) is 1.44. The van der Waals surface area contributed by atoms with Crippen molar-refractivity contribution in [1.82, 2.24) is 9.97 Å². The fourth-order valence-electron chi connectivity index (χ4n) is 1.17. The number of fused-ring (bicyclic) bond motifs is 1. The molecule has 4 heteroatoms. The van der Waals surface area contributed by atoms with Gasteiger partial charge in [0, 0.05) is 23.5 Å². The molecule has 0 aliphatic rings. The summed E-state index contributed by atoms with van der Waals surface area (Å²) in [4.78, 5) is 19.0. The van der Waals surface area contributed by atoms with E-state index in [4.69, 9.17) is 11.6 Å². The molecule has 70 valence electrons. The first-order chi connectivity index (χ1) is 6.66. The predicted octanol–water partition coefficient (Wildman–Crippen LogP) is 2.49. The third kappa shape index (κ3) is 1.59. The Morgan fingerprint density at radius 1 is 1.43 bits per heavy atom. The van der Waals surface area contributed by atoms with E-state index in [1.165, 1.54) is 6.92 Å². The number of hydrogen-bond acceptors (Lipinski definition) is 3. The molecule has 0 bridgehead atoms. The Bertz CT molecular complexity index is 510. The number of benzene rings is 1. The molecule has 0 N–H and O–H groups in total. The van der Waals surface area contributed by atoms with Crippen molar-refractivity contribution in [3.8, 4) is 0 Å². The van der Waals surface area contributed by atoms with E-state index in [2.05, 4.69) is 9.97 Å². The summed E-state index contributed by atoms with van der Waals surface area (Å²) in [7, 11) is 0. The van der Waals surface area contributed by atoms with Crippen LogP contribution in [-0.4, -0.2) is 15.8 Å². The normalized spacial score (nSPS) is 10.4. The number of carbonyl (C=O) groups is 1. The molecule has 0 unspecified atom stereocenters. The molecule has 0 atom stereocenters. The van der Waals surface area contributed by atoms with E-state index >= 15 is 0 Å². The van der Waals surface area contributed by atoms with Crippen molar-refractivity contribution in [3.05, 3.63) is 35.2 Å². The van der Waals surface area contributed by atoms with Gasteiger partial charge in [-0.05, 0) is 18.2 Å². The highest BCUT2D eigenvalue weighted by Gasteiger charge is 2.04. The van der Waals surface area contributed by atoms with Gasteiger partial charge < -0.3 is 0 Å².